The van der Waals surface area contributed by atoms with Crippen molar-refractivity contribution in [2.75, 3.05) is 19.3 Å². The summed E-state index contributed by atoms with van der Waals surface area (Å²) < 4.78 is 38.6. The Labute approximate surface area is 143 Å². The van der Waals surface area contributed by atoms with Crippen LogP contribution >= 0.6 is 0 Å². The van der Waals surface area contributed by atoms with E-state index in [0.717, 1.165) is 32.1 Å². The highest BCUT2D eigenvalue weighted by molar-refractivity contribution is 7.88. The largest absolute Gasteiger partial charge is 0.354 e. The molecule has 0 unspecified atom stereocenters. The number of benzene rings is 1. The van der Waals surface area contributed by atoms with Gasteiger partial charge in [-0.05, 0) is 30.5 Å². The Morgan fingerprint density at radius 3 is 2.62 bits per heavy atom. The van der Waals surface area contributed by atoms with E-state index in [9.17, 15) is 17.6 Å². The smallest absolute Gasteiger partial charge is 0.224 e. The van der Waals surface area contributed by atoms with E-state index >= 15 is 0 Å². The second-order valence-corrected chi connectivity index (χ2v) is 8.26. The molecule has 1 aliphatic carbocycles. The molecule has 7 heteroatoms. The van der Waals surface area contributed by atoms with Gasteiger partial charge in [0, 0.05) is 19.1 Å². The van der Waals surface area contributed by atoms with Gasteiger partial charge in [0.15, 0.2) is 0 Å². The summed E-state index contributed by atoms with van der Waals surface area (Å²) in [7, 11) is -3.29. The van der Waals surface area contributed by atoms with E-state index in [1.807, 2.05) is 0 Å². The lowest BCUT2D eigenvalue weighted by Gasteiger charge is -2.32. The van der Waals surface area contributed by atoms with E-state index < -0.39 is 10.0 Å². The lowest BCUT2D eigenvalue weighted by Crippen LogP contribution is -2.45. The topological polar surface area (TPSA) is 66.5 Å². The molecule has 0 spiro atoms. The second kappa shape index (κ2) is 8.58. The van der Waals surface area contributed by atoms with Gasteiger partial charge in [-0.2, -0.15) is 4.31 Å². The fourth-order valence-electron chi connectivity index (χ4n) is 3.19. The number of nitrogens with one attached hydrogen (secondary N) is 1. The molecular formula is C17H25FN2O3S. The van der Waals surface area contributed by atoms with E-state index in [0.29, 0.717) is 5.56 Å². The van der Waals surface area contributed by atoms with Gasteiger partial charge in [0.25, 0.3) is 0 Å². The van der Waals surface area contributed by atoms with Gasteiger partial charge in [0.2, 0.25) is 15.9 Å². The first kappa shape index (κ1) is 18.9. The van der Waals surface area contributed by atoms with Gasteiger partial charge >= 0.3 is 0 Å². The Morgan fingerprint density at radius 1 is 1.29 bits per heavy atom. The molecule has 0 aliphatic heterocycles. The van der Waals surface area contributed by atoms with Crippen LogP contribution in [0, 0.1) is 5.82 Å². The van der Waals surface area contributed by atoms with Crippen molar-refractivity contribution in [3.8, 4) is 0 Å². The predicted molar refractivity (Wildman–Crippen MR) is 91.5 cm³/mol. The number of halogens is 1. The molecule has 1 aliphatic rings. The highest BCUT2D eigenvalue weighted by Gasteiger charge is 2.27. The molecule has 0 saturated heterocycles. The molecule has 1 fully saturated rings. The maximum atomic E-state index is 13.1. The van der Waals surface area contributed by atoms with Gasteiger partial charge in [-0.3, -0.25) is 4.79 Å². The van der Waals surface area contributed by atoms with Crippen LogP contribution in [0.25, 0.3) is 0 Å². The van der Waals surface area contributed by atoms with E-state index in [1.165, 1.54) is 22.7 Å². The summed E-state index contributed by atoms with van der Waals surface area (Å²) in [5, 5.41) is 2.72. The first-order valence-electron chi connectivity index (χ1n) is 8.34. The normalized spacial score (nSPS) is 16.3. The Hall–Kier alpha value is -1.47. The molecule has 1 N–H and O–H groups in total. The third kappa shape index (κ3) is 5.87. The van der Waals surface area contributed by atoms with Gasteiger partial charge in [-0.25, -0.2) is 12.8 Å². The van der Waals surface area contributed by atoms with Crippen LogP contribution in [0.3, 0.4) is 0 Å². The average Bonchev–Trinajstić information content (AvgIpc) is 2.51. The van der Waals surface area contributed by atoms with Crippen LogP contribution in [-0.2, 0) is 21.2 Å². The Morgan fingerprint density at radius 2 is 2.00 bits per heavy atom. The Balaban J connectivity index is 1.84. The molecule has 2 rings (SSSR count). The van der Waals surface area contributed by atoms with E-state index in [2.05, 4.69) is 5.32 Å². The molecule has 0 bridgehead atoms. The van der Waals surface area contributed by atoms with Gasteiger partial charge in [-0.1, -0.05) is 31.4 Å². The highest BCUT2D eigenvalue weighted by Crippen LogP contribution is 2.24. The van der Waals surface area contributed by atoms with Crippen LogP contribution in [0.5, 0.6) is 0 Å². The van der Waals surface area contributed by atoms with E-state index in [4.69, 9.17) is 0 Å². The van der Waals surface area contributed by atoms with Crippen molar-refractivity contribution in [3.05, 3.63) is 35.6 Å². The molecule has 1 amide bonds. The number of carbonyl (C=O) groups excluding carboxylic acids is 1. The highest BCUT2D eigenvalue weighted by atomic mass is 32.2. The third-order valence-electron chi connectivity index (χ3n) is 4.32. The summed E-state index contributed by atoms with van der Waals surface area (Å²) in [4.78, 5) is 11.9. The number of hydrogen-bond acceptors (Lipinski definition) is 3. The molecular weight excluding hydrogens is 331 g/mol. The molecule has 0 heterocycles. The molecule has 1 saturated carbocycles. The Bertz CT molecular complexity index is 658. The lowest BCUT2D eigenvalue weighted by molar-refractivity contribution is -0.120. The summed E-state index contributed by atoms with van der Waals surface area (Å²) in [6, 6.07) is 5.94. The van der Waals surface area contributed by atoms with Gasteiger partial charge in [-0.15, -0.1) is 0 Å². The second-order valence-electron chi connectivity index (χ2n) is 6.32. The third-order valence-corrected chi connectivity index (χ3v) is 5.65. The van der Waals surface area contributed by atoms with Gasteiger partial charge in [0.1, 0.15) is 5.82 Å². The number of nitrogens with zero attached hydrogens (tertiary/aromatic N) is 1. The molecule has 5 nitrogen and oxygen atoms in total. The van der Waals surface area contributed by atoms with Crippen molar-refractivity contribution in [2.24, 2.45) is 0 Å². The van der Waals surface area contributed by atoms with Gasteiger partial charge in [0.05, 0.1) is 12.7 Å². The fraction of sp³-hybridized carbons (Fsp3) is 0.588. The quantitative estimate of drug-likeness (QED) is 0.813. The summed E-state index contributed by atoms with van der Waals surface area (Å²) in [5.74, 6) is -0.612. The fourth-order valence-corrected chi connectivity index (χ4v) is 4.36. The van der Waals surface area contributed by atoms with Crippen molar-refractivity contribution >= 4 is 15.9 Å². The lowest BCUT2D eigenvalue weighted by atomic mass is 9.95. The first-order chi connectivity index (χ1) is 11.4. The van der Waals surface area contributed by atoms with Crippen LogP contribution in [0.1, 0.15) is 37.7 Å². The molecule has 0 radical (unpaired) electrons. The van der Waals surface area contributed by atoms with Gasteiger partial charge < -0.3 is 5.32 Å². The number of hydrogen-bond donors (Lipinski definition) is 1. The number of carbonyl (C=O) groups is 1. The monoisotopic (exact) mass is 356 g/mol. The first-order valence-corrected chi connectivity index (χ1v) is 10.2. The zero-order valence-corrected chi connectivity index (χ0v) is 14.8. The standard InChI is InChI=1S/C17H25FN2O3S/c1-24(22,23)20(16-8-3-2-4-9-16)11-10-19-17(21)13-14-6-5-7-15(18)12-14/h5-7,12,16H,2-4,8-11,13H2,1H3,(H,19,21). The van der Waals surface area contributed by atoms with Crippen LogP contribution in [0.15, 0.2) is 24.3 Å². The van der Waals surface area contributed by atoms with Crippen molar-refractivity contribution < 1.29 is 17.6 Å². The molecule has 1 aromatic carbocycles. The maximum Gasteiger partial charge on any atom is 0.224 e. The van der Waals surface area contributed by atoms with Crippen LogP contribution in [0.2, 0.25) is 0 Å². The zero-order valence-electron chi connectivity index (χ0n) is 14.0. The summed E-state index contributed by atoms with van der Waals surface area (Å²) in [6.07, 6.45) is 6.30. The van der Waals surface area contributed by atoms with Crippen LogP contribution in [0.4, 0.5) is 4.39 Å². The molecule has 134 valence electrons. The van der Waals surface area contributed by atoms with Crippen molar-refractivity contribution in [1.82, 2.24) is 9.62 Å². The molecule has 24 heavy (non-hydrogen) atoms. The Kier molecular flexibility index (Phi) is 6.74. The SMILES string of the molecule is CS(=O)(=O)N(CCNC(=O)Cc1cccc(F)c1)C1CCCCC1. The van der Waals surface area contributed by atoms with Crippen LogP contribution in [-0.4, -0.2) is 44.0 Å². The van der Waals surface area contributed by atoms with E-state index in [1.54, 1.807) is 12.1 Å². The molecule has 0 atom stereocenters. The zero-order chi connectivity index (χ0) is 17.6. The minimum atomic E-state index is -3.29. The predicted octanol–water partition coefficient (Wildman–Crippen LogP) is 2.08. The number of amides is 1. The van der Waals surface area contributed by atoms with E-state index in [-0.39, 0.29) is 37.3 Å². The maximum absolute atomic E-state index is 13.1. The summed E-state index contributed by atoms with van der Waals surface area (Å²) in [5.41, 5.74) is 0.597. The van der Waals surface area contributed by atoms with Crippen molar-refractivity contribution in [1.29, 1.82) is 0 Å². The molecule has 1 aromatic rings. The van der Waals surface area contributed by atoms with Crippen LogP contribution < -0.4 is 5.32 Å². The minimum absolute atomic E-state index is 0.0360. The average molecular weight is 356 g/mol. The molecule has 0 aromatic heterocycles. The number of sulfonamides is 1. The van der Waals surface area contributed by atoms with Crippen molar-refractivity contribution in [3.63, 3.8) is 0 Å². The van der Waals surface area contributed by atoms with Crippen molar-refractivity contribution in [2.45, 2.75) is 44.6 Å². The minimum Gasteiger partial charge on any atom is -0.354 e. The summed E-state index contributed by atoms with van der Waals surface area (Å²) in [6.45, 7) is 0.538. The number of rotatable bonds is 7. The summed E-state index contributed by atoms with van der Waals surface area (Å²) >= 11 is 0.